The summed E-state index contributed by atoms with van der Waals surface area (Å²) in [5, 5.41) is 6.11. The third-order valence-electron chi connectivity index (χ3n) is 5.53. The maximum atomic E-state index is 13.0. The summed E-state index contributed by atoms with van der Waals surface area (Å²) in [5.74, 6) is 0.204. The van der Waals surface area contributed by atoms with Crippen molar-refractivity contribution >= 4 is 50.8 Å². The van der Waals surface area contributed by atoms with E-state index in [0.29, 0.717) is 27.0 Å². The third-order valence-corrected chi connectivity index (χ3v) is 6.53. The van der Waals surface area contributed by atoms with Gasteiger partial charge >= 0.3 is 0 Å². The van der Waals surface area contributed by atoms with Crippen LogP contribution in [0.2, 0.25) is 0 Å². The van der Waals surface area contributed by atoms with E-state index in [2.05, 4.69) is 26.6 Å². The van der Waals surface area contributed by atoms with Gasteiger partial charge in [-0.3, -0.25) is 14.9 Å². The second-order valence-electron chi connectivity index (χ2n) is 8.46. The van der Waals surface area contributed by atoms with Gasteiger partial charge in [0.25, 0.3) is 11.8 Å². The molecule has 3 rings (SSSR count). The van der Waals surface area contributed by atoms with Crippen LogP contribution in [0.3, 0.4) is 0 Å². The number of halogens is 1. The van der Waals surface area contributed by atoms with Crippen molar-refractivity contribution in [3.8, 4) is 5.75 Å². The Balaban J connectivity index is 1.69. The Morgan fingerprint density at radius 3 is 2.45 bits per heavy atom. The summed E-state index contributed by atoms with van der Waals surface area (Å²) in [5.41, 5.74) is 1.61. The summed E-state index contributed by atoms with van der Waals surface area (Å²) in [6, 6.07) is 12.6. The zero-order valence-electron chi connectivity index (χ0n) is 19.2. The Kier molecular flexibility index (Phi) is 8.86. The van der Waals surface area contributed by atoms with E-state index in [1.165, 1.54) is 6.42 Å². The molecule has 2 aromatic rings. The number of anilines is 1. The van der Waals surface area contributed by atoms with Gasteiger partial charge in [0.2, 0.25) is 0 Å². The standard InChI is InChI=1S/C25H30BrN3O3S/c1-16(2)32-22-14-13-17(15-20(22)26)23(30)28-25(33)29(3)21-12-8-7-11-19(21)24(31)27-18-9-5-4-6-10-18/h7-8,11-16,18H,4-6,9-10H2,1-3H3,(H,27,31)(H,28,30,33). The van der Waals surface area contributed by atoms with Crippen molar-refractivity contribution in [2.45, 2.75) is 58.1 Å². The van der Waals surface area contributed by atoms with E-state index in [1.54, 1.807) is 36.2 Å². The highest BCUT2D eigenvalue weighted by atomic mass is 79.9. The third kappa shape index (κ3) is 6.77. The highest BCUT2D eigenvalue weighted by molar-refractivity contribution is 9.10. The maximum absolute atomic E-state index is 13.0. The number of amides is 2. The number of benzene rings is 2. The van der Waals surface area contributed by atoms with E-state index >= 15 is 0 Å². The monoisotopic (exact) mass is 531 g/mol. The molecule has 33 heavy (non-hydrogen) atoms. The number of hydrogen-bond acceptors (Lipinski definition) is 4. The van der Waals surface area contributed by atoms with Crippen LogP contribution in [0.5, 0.6) is 5.75 Å². The van der Waals surface area contributed by atoms with Crippen LogP contribution in [-0.2, 0) is 0 Å². The molecule has 2 amide bonds. The van der Waals surface area contributed by atoms with Crippen LogP contribution < -0.4 is 20.3 Å². The first-order valence-electron chi connectivity index (χ1n) is 11.2. The lowest BCUT2D eigenvalue weighted by Crippen LogP contribution is -2.42. The van der Waals surface area contributed by atoms with E-state index in [-0.39, 0.29) is 29.1 Å². The fraction of sp³-hybridized carbons (Fsp3) is 0.400. The van der Waals surface area contributed by atoms with Crippen LogP contribution in [0.25, 0.3) is 0 Å². The van der Waals surface area contributed by atoms with Crippen molar-refractivity contribution in [3.63, 3.8) is 0 Å². The van der Waals surface area contributed by atoms with Crippen LogP contribution in [-0.4, -0.2) is 36.1 Å². The number of nitrogens with zero attached hydrogens (tertiary/aromatic N) is 1. The molecule has 1 saturated carbocycles. The first-order chi connectivity index (χ1) is 15.8. The smallest absolute Gasteiger partial charge is 0.257 e. The highest BCUT2D eigenvalue weighted by Crippen LogP contribution is 2.27. The lowest BCUT2D eigenvalue weighted by molar-refractivity contribution is 0.0927. The summed E-state index contributed by atoms with van der Waals surface area (Å²) in [7, 11) is 1.74. The maximum Gasteiger partial charge on any atom is 0.257 e. The molecule has 2 aromatic carbocycles. The zero-order valence-corrected chi connectivity index (χ0v) is 21.6. The van der Waals surface area contributed by atoms with Crippen LogP contribution in [0, 0.1) is 0 Å². The van der Waals surface area contributed by atoms with Crippen LogP contribution in [0.4, 0.5) is 5.69 Å². The molecule has 0 spiro atoms. The van der Waals surface area contributed by atoms with Crippen molar-refractivity contribution in [2.24, 2.45) is 0 Å². The normalized spacial score (nSPS) is 14.0. The zero-order chi connectivity index (χ0) is 24.0. The Hall–Kier alpha value is -2.45. The molecular weight excluding hydrogens is 502 g/mol. The van der Waals surface area contributed by atoms with Crippen molar-refractivity contribution in [3.05, 3.63) is 58.1 Å². The molecule has 2 N–H and O–H groups in total. The molecular formula is C25H30BrN3O3S. The minimum Gasteiger partial charge on any atom is -0.490 e. The second kappa shape index (κ2) is 11.6. The molecule has 6 nitrogen and oxygen atoms in total. The largest absolute Gasteiger partial charge is 0.490 e. The molecule has 0 unspecified atom stereocenters. The number of para-hydroxylation sites is 1. The van der Waals surface area contributed by atoms with Crippen LogP contribution >= 0.6 is 28.1 Å². The van der Waals surface area contributed by atoms with Crippen molar-refractivity contribution in [2.75, 3.05) is 11.9 Å². The molecule has 0 saturated heterocycles. The summed E-state index contributed by atoms with van der Waals surface area (Å²) in [6.45, 7) is 3.88. The fourth-order valence-electron chi connectivity index (χ4n) is 3.82. The minimum atomic E-state index is -0.340. The molecule has 1 fully saturated rings. The van der Waals surface area contributed by atoms with Gasteiger partial charge in [0.15, 0.2) is 5.11 Å². The topological polar surface area (TPSA) is 70.7 Å². The lowest BCUT2D eigenvalue weighted by atomic mass is 9.95. The van der Waals surface area contributed by atoms with E-state index in [1.807, 2.05) is 32.0 Å². The van der Waals surface area contributed by atoms with Gasteiger partial charge in [-0.1, -0.05) is 31.4 Å². The number of carbonyl (C=O) groups is 2. The van der Waals surface area contributed by atoms with Crippen molar-refractivity contribution < 1.29 is 14.3 Å². The number of rotatable bonds is 6. The molecule has 0 aliphatic heterocycles. The molecule has 1 aliphatic rings. The number of thiocarbonyl (C=S) groups is 1. The van der Waals surface area contributed by atoms with Gasteiger partial charge in [0, 0.05) is 18.7 Å². The van der Waals surface area contributed by atoms with Gasteiger partial charge in [0.1, 0.15) is 5.75 Å². The van der Waals surface area contributed by atoms with Gasteiger partial charge in [-0.15, -0.1) is 0 Å². The van der Waals surface area contributed by atoms with E-state index < -0.39 is 0 Å². The van der Waals surface area contributed by atoms with E-state index in [0.717, 1.165) is 25.7 Å². The van der Waals surface area contributed by atoms with Crippen molar-refractivity contribution in [1.82, 2.24) is 10.6 Å². The summed E-state index contributed by atoms with van der Waals surface area (Å²) in [6.07, 6.45) is 5.55. The average molecular weight is 533 g/mol. The SMILES string of the molecule is CC(C)Oc1ccc(C(=O)NC(=S)N(C)c2ccccc2C(=O)NC2CCCCC2)cc1Br. The molecule has 0 aromatic heterocycles. The molecule has 1 aliphatic carbocycles. The molecule has 0 radical (unpaired) electrons. The fourth-order valence-corrected chi connectivity index (χ4v) is 4.49. The quantitative estimate of drug-likeness (QED) is 0.485. The van der Waals surface area contributed by atoms with Gasteiger partial charge in [-0.05, 0) is 85.2 Å². The summed E-state index contributed by atoms with van der Waals surface area (Å²) >= 11 is 8.93. The predicted octanol–water partition coefficient (Wildman–Crippen LogP) is 5.45. The van der Waals surface area contributed by atoms with Gasteiger partial charge in [0.05, 0.1) is 21.8 Å². The van der Waals surface area contributed by atoms with Gasteiger partial charge in [-0.25, -0.2) is 0 Å². The number of nitrogens with one attached hydrogen (secondary N) is 2. The molecule has 0 heterocycles. The first kappa shape index (κ1) is 25.2. The lowest BCUT2D eigenvalue weighted by Gasteiger charge is -2.26. The first-order valence-corrected chi connectivity index (χ1v) is 12.4. The van der Waals surface area contributed by atoms with Gasteiger partial charge < -0.3 is 15.0 Å². The summed E-state index contributed by atoms with van der Waals surface area (Å²) < 4.78 is 6.38. The summed E-state index contributed by atoms with van der Waals surface area (Å²) in [4.78, 5) is 27.4. The average Bonchev–Trinajstić information content (AvgIpc) is 2.80. The molecule has 8 heteroatoms. The van der Waals surface area contributed by atoms with E-state index in [4.69, 9.17) is 17.0 Å². The molecule has 176 valence electrons. The Morgan fingerprint density at radius 2 is 1.79 bits per heavy atom. The Bertz CT molecular complexity index is 1020. The minimum absolute atomic E-state index is 0.0255. The Labute approximate surface area is 209 Å². The number of carbonyl (C=O) groups excluding carboxylic acids is 2. The van der Waals surface area contributed by atoms with Crippen molar-refractivity contribution in [1.29, 1.82) is 0 Å². The highest BCUT2D eigenvalue weighted by Gasteiger charge is 2.21. The number of ether oxygens (including phenoxy) is 1. The Morgan fingerprint density at radius 1 is 1.09 bits per heavy atom. The molecule has 0 bridgehead atoms. The van der Waals surface area contributed by atoms with E-state index in [9.17, 15) is 9.59 Å². The number of hydrogen-bond donors (Lipinski definition) is 2. The van der Waals surface area contributed by atoms with Crippen LogP contribution in [0.15, 0.2) is 46.9 Å². The predicted molar refractivity (Wildman–Crippen MR) is 139 cm³/mol. The van der Waals surface area contributed by atoms with Gasteiger partial charge in [-0.2, -0.15) is 0 Å². The second-order valence-corrected chi connectivity index (χ2v) is 9.70. The molecule has 0 atom stereocenters. The van der Waals surface area contributed by atoms with Crippen LogP contribution in [0.1, 0.15) is 66.7 Å².